The van der Waals surface area contributed by atoms with Crippen LogP contribution in [0, 0.1) is 5.41 Å². The number of aromatic hydroxyl groups is 1. The maximum absolute atomic E-state index is 10.9. The van der Waals surface area contributed by atoms with Crippen LogP contribution in [0.15, 0.2) is 60.7 Å². The molecule has 0 fully saturated rings. The highest BCUT2D eigenvalue weighted by Crippen LogP contribution is 2.29. The Morgan fingerprint density at radius 2 is 1.50 bits per heavy atom. The number of rotatable bonds is 3. The van der Waals surface area contributed by atoms with E-state index in [9.17, 15) is 9.90 Å². The zero-order valence-corrected chi connectivity index (χ0v) is 11.6. The van der Waals surface area contributed by atoms with Crippen molar-refractivity contribution in [3.63, 3.8) is 0 Å². The molecule has 3 aromatic carbocycles. The molecule has 0 aliphatic carbocycles. The van der Waals surface area contributed by atoms with Gasteiger partial charge in [-0.2, -0.15) is 0 Å². The lowest BCUT2D eigenvalue weighted by atomic mass is 9.95. The van der Waals surface area contributed by atoms with Gasteiger partial charge in [0.2, 0.25) is 0 Å². The van der Waals surface area contributed by atoms with E-state index in [-0.39, 0.29) is 17.0 Å². The highest BCUT2D eigenvalue weighted by molar-refractivity contribution is 6.19. The second-order valence-electron chi connectivity index (χ2n) is 4.94. The average molecular weight is 291 g/mol. The molecule has 0 saturated heterocycles. The molecule has 0 unspecified atom stereocenters. The number of carboxylic acids is 1. The number of nitrogens with one attached hydrogen (secondary N) is 1. The molecule has 0 aliphatic rings. The Labute approximate surface area is 126 Å². The fraction of sp³-hybridized carbons (Fsp3) is 0. The Morgan fingerprint density at radius 3 is 2.18 bits per heavy atom. The smallest absolute Gasteiger partial charge is 0.335 e. The van der Waals surface area contributed by atoms with Gasteiger partial charge < -0.3 is 10.2 Å². The summed E-state index contributed by atoms with van der Waals surface area (Å²) in [6.45, 7) is 0. The zero-order chi connectivity index (χ0) is 15.7. The average Bonchev–Trinajstić information content (AvgIpc) is 2.54. The molecule has 3 rings (SSSR count). The van der Waals surface area contributed by atoms with E-state index >= 15 is 0 Å². The number of fused-ring (bicyclic) bond motifs is 1. The van der Waals surface area contributed by atoms with Crippen LogP contribution in [0.1, 0.15) is 21.5 Å². The summed E-state index contributed by atoms with van der Waals surface area (Å²) < 4.78 is 0. The first-order valence-corrected chi connectivity index (χ1v) is 6.71. The zero-order valence-electron chi connectivity index (χ0n) is 11.6. The summed E-state index contributed by atoms with van der Waals surface area (Å²) in [7, 11) is 0. The van der Waals surface area contributed by atoms with Gasteiger partial charge in [0.05, 0.1) is 11.3 Å². The van der Waals surface area contributed by atoms with Crippen molar-refractivity contribution in [2.75, 3.05) is 0 Å². The minimum atomic E-state index is -1.01. The topological polar surface area (TPSA) is 81.4 Å². The Morgan fingerprint density at radius 1 is 0.864 bits per heavy atom. The van der Waals surface area contributed by atoms with E-state index in [0.29, 0.717) is 11.1 Å². The number of phenols is 1. The molecule has 3 aromatic rings. The van der Waals surface area contributed by atoms with E-state index in [1.165, 1.54) is 12.1 Å². The minimum Gasteiger partial charge on any atom is -0.507 e. The van der Waals surface area contributed by atoms with Crippen molar-refractivity contribution in [3.05, 3.63) is 77.4 Å². The Balaban J connectivity index is 2.12. The van der Waals surface area contributed by atoms with Gasteiger partial charge in [-0.25, -0.2) is 4.79 Å². The Bertz CT molecular complexity index is 882. The van der Waals surface area contributed by atoms with Gasteiger partial charge in [0.1, 0.15) is 5.75 Å². The number of aromatic carboxylic acids is 1. The van der Waals surface area contributed by atoms with Crippen molar-refractivity contribution < 1.29 is 15.0 Å². The molecule has 22 heavy (non-hydrogen) atoms. The van der Waals surface area contributed by atoms with Crippen molar-refractivity contribution in [3.8, 4) is 5.75 Å². The van der Waals surface area contributed by atoms with E-state index in [1.54, 1.807) is 24.3 Å². The van der Waals surface area contributed by atoms with Gasteiger partial charge in [-0.05, 0) is 29.0 Å². The highest BCUT2D eigenvalue weighted by Gasteiger charge is 2.14. The van der Waals surface area contributed by atoms with Crippen LogP contribution in [0.5, 0.6) is 5.75 Å². The van der Waals surface area contributed by atoms with Gasteiger partial charge in [0.15, 0.2) is 0 Å². The number of carboxylic acid groups (broad SMARTS) is 1. The molecule has 4 nitrogen and oxygen atoms in total. The predicted molar refractivity (Wildman–Crippen MR) is 84.9 cm³/mol. The van der Waals surface area contributed by atoms with E-state index in [1.807, 2.05) is 24.3 Å². The van der Waals surface area contributed by atoms with Gasteiger partial charge in [0, 0.05) is 11.1 Å². The molecule has 0 heterocycles. The molecule has 0 amide bonds. The van der Waals surface area contributed by atoms with Crippen molar-refractivity contribution in [2.24, 2.45) is 0 Å². The number of hydrogen-bond acceptors (Lipinski definition) is 3. The molecule has 0 radical (unpaired) electrons. The van der Waals surface area contributed by atoms with Crippen LogP contribution in [-0.4, -0.2) is 21.9 Å². The molecule has 108 valence electrons. The van der Waals surface area contributed by atoms with Gasteiger partial charge in [0.25, 0.3) is 0 Å². The first-order chi connectivity index (χ1) is 10.6. The molecule has 0 aromatic heterocycles. The molecule has 0 aliphatic heterocycles. The Hall–Kier alpha value is -3.14. The highest BCUT2D eigenvalue weighted by atomic mass is 16.4. The van der Waals surface area contributed by atoms with E-state index in [4.69, 9.17) is 10.5 Å². The summed E-state index contributed by atoms with van der Waals surface area (Å²) in [4.78, 5) is 10.9. The van der Waals surface area contributed by atoms with Crippen LogP contribution in [0.25, 0.3) is 10.8 Å². The number of carbonyl (C=O) groups is 1. The molecule has 0 saturated carbocycles. The van der Waals surface area contributed by atoms with Crippen molar-refractivity contribution >= 4 is 22.5 Å². The lowest BCUT2D eigenvalue weighted by Gasteiger charge is -2.11. The maximum atomic E-state index is 10.9. The third-order valence-electron chi connectivity index (χ3n) is 3.58. The third kappa shape index (κ3) is 2.31. The second-order valence-corrected chi connectivity index (χ2v) is 4.94. The van der Waals surface area contributed by atoms with Crippen molar-refractivity contribution in [1.29, 1.82) is 5.41 Å². The normalized spacial score (nSPS) is 10.5. The molecule has 0 bridgehead atoms. The Kier molecular flexibility index (Phi) is 3.35. The van der Waals surface area contributed by atoms with E-state index in [0.717, 1.165) is 10.8 Å². The summed E-state index contributed by atoms with van der Waals surface area (Å²) in [6.07, 6.45) is 0. The summed E-state index contributed by atoms with van der Waals surface area (Å²) in [5.41, 5.74) is 1.32. The summed E-state index contributed by atoms with van der Waals surface area (Å²) >= 11 is 0. The third-order valence-corrected chi connectivity index (χ3v) is 3.58. The number of benzene rings is 3. The lowest BCUT2D eigenvalue weighted by Crippen LogP contribution is -2.04. The minimum absolute atomic E-state index is 0.0333. The largest absolute Gasteiger partial charge is 0.507 e. The quantitative estimate of drug-likeness (QED) is 0.644. The van der Waals surface area contributed by atoms with Gasteiger partial charge in [-0.1, -0.05) is 42.5 Å². The van der Waals surface area contributed by atoms with Crippen LogP contribution in [0.4, 0.5) is 0 Å². The summed E-state index contributed by atoms with van der Waals surface area (Å²) in [5.74, 6) is -0.975. The first kappa shape index (κ1) is 13.8. The van der Waals surface area contributed by atoms with Crippen LogP contribution < -0.4 is 0 Å². The van der Waals surface area contributed by atoms with Crippen LogP contribution >= 0.6 is 0 Å². The summed E-state index contributed by atoms with van der Waals surface area (Å²) in [5, 5.41) is 29.2. The fourth-order valence-electron chi connectivity index (χ4n) is 2.45. The molecule has 4 heteroatoms. The second kappa shape index (κ2) is 5.33. The van der Waals surface area contributed by atoms with Crippen molar-refractivity contribution in [1.82, 2.24) is 0 Å². The van der Waals surface area contributed by atoms with Crippen molar-refractivity contribution in [2.45, 2.75) is 0 Å². The molecule has 0 spiro atoms. The standard InChI is InChI=1S/C18H13NO3/c19-17(12-5-7-13(8-6-12)18(21)22)16-14-4-2-1-3-11(14)9-10-15(16)20/h1-10,19-20H,(H,21,22). The summed E-state index contributed by atoms with van der Waals surface area (Å²) in [6, 6.07) is 16.9. The maximum Gasteiger partial charge on any atom is 0.335 e. The monoisotopic (exact) mass is 291 g/mol. The fourth-order valence-corrected chi connectivity index (χ4v) is 2.45. The lowest BCUT2D eigenvalue weighted by molar-refractivity contribution is 0.0697. The predicted octanol–water partition coefficient (Wildman–Crippen LogP) is 3.66. The molecule has 3 N–H and O–H groups in total. The first-order valence-electron chi connectivity index (χ1n) is 6.71. The number of hydrogen-bond donors (Lipinski definition) is 3. The number of phenolic OH excluding ortho intramolecular Hbond substituents is 1. The van der Waals surface area contributed by atoms with Gasteiger partial charge in [-0.15, -0.1) is 0 Å². The van der Waals surface area contributed by atoms with Crippen LogP contribution in [0.2, 0.25) is 0 Å². The van der Waals surface area contributed by atoms with E-state index < -0.39 is 5.97 Å². The SMILES string of the molecule is N=C(c1ccc(C(=O)O)cc1)c1c(O)ccc2ccccc12. The van der Waals surface area contributed by atoms with E-state index in [2.05, 4.69) is 0 Å². The van der Waals surface area contributed by atoms with Gasteiger partial charge >= 0.3 is 5.97 Å². The molecular weight excluding hydrogens is 278 g/mol. The molecule has 0 atom stereocenters. The van der Waals surface area contributed by atoms with Crippen LogP contribution in [0.3, 0.4) is 0 Å². The van der Waals surface area contributed by atoms with Gasteiger partial charge in [-0.3, -0.25) is 5.41 Å². The van der Waals surface area contributed by atoms with Crippen LogP contribution in [-0.2, 0) is 0 Å². The molecular formula is C18H13NO3.